The van der Waals surface area contributed by atoms with Crippen LogP contribution < -0.4 is 5.32 Å². The molecule has 2 aliphatic heterocycles. The van der Waals surface area contributed by atoms with Crippen molar-refractivity contribution in [1.29, 1.82) is 0 Å². The smallest absolute Gasteiger partial charge is 0.127 e. The number of rotatable bonds is 4. The first kappa shape index (κ1) is 19.0. The molecule has 0 amide bonds. The van der Waals surface area contributed by atoms with E-state index in [1.165, 1.54) is 11.6 Å². The van der Waals surface area contributed by atoms with Crippen molar-refractivity contribution in [3.8, 4) is 11.8 Å². The lowest BCUT2D eigenvalue weighted by Crippen LogP contribution is -2.41. The summed E-state index contributed by atoms with van der Waals surface area (Å²) in [5, 5.41) is 13.4. The fourth-order valence-corrected chi connectivity index (χ4v) is 4.55. The van der Waals surface area contributed by atoms with Crippen molar-refractivity contribution in [2.75, 3.05) is 18.5 Å². The van der Waals surface area contributed by atoms with Gasteiger partial charge < -0.3 is 10.4 Å². The molecule has 0 radical (unpaired) electrons. The van der Waals surface area contributed by atoms with Gasteiger partial charge in [-0.25, -0.2) is 4.39 Å². The third-order valence-corrected chi connectivity index (χ3v) is 5.91. The predicted octanol–water partition coefficient (Wildman–Crippen LogP) is 4.33. The lowest BCUT2D eigenvalue weighted by Gasteiger charge is -2.39. The van der Waals surface area contributed by atoms with E-state index in [4.69, 9.17) is 0 Å². The molecule has 1 saturated heterocycles. The molecule has 4 heteroatoms. The molecule has 2 aliphatic rings. The SMILES string of the molecule is CCCC#Cc1ccc2c(c1)[C@H]1[C@H](CCN1Cc1ccccc1F)[C@@H](CO)N2. The minimum Gasteiger partial charge on any atom is -0.394 e. The Bertz CT molecular complexity index is 901. The first-order chi connectivity index (χ1) is 13.7. The number of aliphatic hydroxyl groups is 1. The van der Waals surface area contributed by atoms with E-state index in [0.717, 1.165) is 42.6 Å². The van der Waals surface area contributed by atoms with Crippen molar-refractivity contribution < 1.29 is 9.50 Å². The van der Waals surface area contributed by atoms with Gasteiger partial charge in [-0.15, -0.1) is 0 Å². The summed E-state index contributed by atoms with van der Waals surface area (Å²) in [4.78, 5) is 2.36. The van der Waals surface area contributed by atoms with Gasteiger partial charge in [-0.3, -0.25) is 4.90 Å². The molecule has 2 aromatic rings. The summed E-state index contributed by atoms with van der Waals surface area (Å²) in [7, 11) is 0. The molecule has 1 fully saturated rings. The minimum absolute atomic E-state index is 0.0279. The number of fused-ring (bicyclic) bond motifs is 3. The van der Waals surface area contributed by atoms with Gasteiger partial charge in [-0.05, 0) is 49.2 Å². The Labute approximate surface area is 166 Å². The molecule has 2 N–H and O–H groups in total. The summed E-state index contributed by atoms with van der Waals surface area (Å²) in [5.41, 5.74) is 4.02. The maximum absolute atomic E-state index is 14.2. The van der Waals surface area contributed by atoms with Crippen LogP contribution in [-0.4, -0.2) is 29.2 Å². The van der Waals surface area contributed by atoms with E-state index in [2.05, 4.69) is 41.1 Å². The molecule has 4 rings (SSSR count). The van der Waals surface area contributed by atoms with E-state index in [-0.39, 0.29) is 24.5 Å². The molecule has 0 aliphatic carbocycles. The average Bonchev–Trinajstić information content (AvgIpc) is 3.13. The Hall–Kier alpha value is -2.35. The lowest BCUT2D eigenvalue weighted by molar-refractivity contribution is 0.171. The van der Waals surface area contributed by atoms with Gasteiger partial charge in [0.25, 0.3) is 0 Å². The normalized spacial score (nSPS) is 23.3. The highest BCUT2D eigenvalue weighted by Crippen LogP contribution is 2.47. The largest absolute Gasteiger partial charge is 0.394 e. The van der Waals surface area contributed by atoms with Crippen LogP contribution in [0, 0.1) is 23.6 Å². The van der Waals surface area contributed by atoms with E-state index in [1.54, 1.807) is 6.07 Å². The highest BCUT2D eigenvalue weighted by Gasteiger charge is 2.43. The zero-order valence-electron chi connectivity index (χ0n) is 16.3. The molecule has 0 aromatic heterocycles. The van der Waals surface area contributed by atoms with Gasteiger partial charge in [0.1, 0.15) is 5.82 Å². The molecule has 0 saturated carbocycles. The summed E-state index contributed by atoms with van der Waals surface area (Å²) < 4.78 is 14.2. The number of halogens is 1. The number of anilines is 1. The van der Waals surface area contributed by atoms with Crippen LogP contribution >= 0.6 is 0 Å². The standard InChI is InChI=1S/C24H27FN2O/c1-2-3-4-7-17-10-11-22-20(14-17)24-19(23(16-28)26-22)12-13-27(24)15-18-8-5-6-9-21(18)25/h5-6,8-11,14,19,23-24,26,28H,2-3,12-13,15-16H2,1H3/t19-,23-,24-/m1/s1. The van der Waals surface area contributed by atoms with Crippen LogP contribution in [0.4, 0.5) is 10.1 Å². The summed E-state index contributed by atoms with van der Waals surface area (Å²) in [6.07, 6.45) is 2.94. The van der Waals surface area contributed by atoms with Crippen molar-refractivity contribution >= 4 is 5.69 Å². The molecule has 0 spiro atoms. The molecule has 0 unspecified atom stereocenters. The number of aliphatic hydroxyl groups excluding tert-OH is 1. The summed E-state index contributed by atoms with van der Waals surface area (Å²) >= 11 is 0. The van der Waals surface area contributed by atoms with Gasteiger partial charge in [0.15, 0.2) is 0 Å². The minimum atomic E-state index is -0.155. The fourth-order valence-electron chi connectivity index (χ4n) is 4.55. The molecule has 3 atom stereocenters. The Balaban J connectivity index is 1.68. The van der Waals surface area contributed by atoms with Gasteiger partial charge in [-0.1, -0.05) is 37.0 Å². The van der Waals surface area contributed by atoms with Crippen molar-refractivity contribution in [1.82, 2.24) is 4.90 Å². The number of nitrogens with one attached hydrogen (secondary N) is 1. The number of hydrogen-bond donors (Lipinski definition) is 2. The van der Waals surface area contributed by atoms with E-state index >= 15 is 0 Å². The molecule has 0 bridgehead atoms. The van der Waals surface area contributed by atoms with E-state index < -0.39 is 0 Å². The number of benzene rings is 2. The molecule has 3 nitrogen and oxygen atoms in total. The predicted molar refractivity (Wildman–Crippen MR) is 110 cm³/mol. The molecule has 2 aromatic carbocycles. The number of hydrogen-bond acceptors (Lipinski definition) is 3. The topological polar surface area (TPSA) is 35.5 Å². The van der Waals surface area contributed by atoms with Crippen molar-refractivity contribution in [2.24, 2.45) is 5.92 Å². The molecule has 2 heterocycles. The number of unbranched alkanes of at least 4 members (excludes halogenated alkanes) is 1. The van der Waals surface area contributed by atoms with Crippen LogP contribution in [0.15, 0.2) is 42.5 Å². The number of nitrogens with zero attached hydrogens (tertiary/aromatic N) is 1. The van der Waals surface area contributed by atoms with Crippen LogP contribution in [0.2, 0.25) is 0 Å². The monoisotopic (exact) mass is 378 g/mol. The van der Waals surface area contributed by atoms with Crippen LogP contribution in [0.3, 0.4) is 0 Å². The van der Waals surface area contributed by atoms with E-state index in [1.807, 2.05) is 18.2 Å². The second-order valence-corrected chi connectivity index (χ2v) is 7.75. The average molecular weight is 378 g/mol. The third-order valence-electron chi connectivity index (χ3n) is 5.91. The maximum Gasteiger partial charge on any atom is 0.127 e. The molecule has 28 heavy (non-hydrogen) atoms. The summed E-state index contributed by atoms with van der Waals surface area (Å²) in [6.45, 7) is 3.71. The summed E-state index contributed by atoms with van der Waals surface area (Å²) in [5.74, 6) is 6.65. The maximum atomic E-state index is 14.2. The highest BCUT2D eigenvalue weighted by atomic mass is 19.1. The van der Waals surface area contributed by atoms with E-state index in [0.29, 0.717) is 12.5 Å². The molecule has 146 valence electrons. The molecular formula is C24H27FN2O. The first-order valence-corrected chi connectivity index (χ1v) is 10.2. The van der Waals surface area contributed by atoms with Crippen LogP contribution in [0.1, 0.15) is 48.9 Å². The highest BCUT2D eigenvalue weighted by molar-refractivity contribution is 5.60. The van der Waals surface area contributed by atoms with Gasteiger partial charge in [-0.2, -0.15) is 0 Å². The van der Waals surface area contributed by atoms with Gasteiger partial charge in [0.05, 0.1) is 12.6 Å². The van der Waals surface area contributed by atoms with Crippen molar-refractivity contribution in [3.63, 3.8) is 0 Å². The van der Waals surface area contributed by atoms with Crippen molar-refractivity contribution in [3.05, 3.63) is 65.0 Å². The van der Waals surface area contributed by atoms with Crippen molar-refractivity contribution in [2.45, 2.75) is 44.8 Å². The van der Waals surface area contributed by atoms with Crippen LogP contribution in [-0.2, 0) is 6.54 Å². The van der Waals surface area contributed by atoms with Crippen LogP contribution in [0.5, 0.6) is 0 Å². The second kappa shape index (κ2) is 8.34. The summed E-state index contributed by atoms with van der Waals surface area (Å²) in [6, 6.07) is 13.5. The van der Waals surface area contributed by atoms with E-state index in [9.17, 15) is 9.50 Å². The fraction of sp³-hybridized carbons (Fsp3) is 0.417. The zero-order valence-corrected chi connectivity index (χ0v) is 16.3. The zero-order chi connectivity index (χ0) is 19.5. The quantitative estimate of drug-likeness (QED) is 0.778. The second-order valence-electron chi connectivity index (χ2n) is 7.75. The first-order valence-electron chi connectivity index (χ1n) is 10.2. The Kier molecular flexibility index (Phi) is 5.66. The van der Waals surface area contributed by atoms with Crippen LogP contribution in [0.25, 0.3) is 0 Å². The lowest BCUT2D eigenvalue weighted by atomic mass is 9.82. The third kappa shape index (κ3) is 3.65. The van der Waals surface area contributed by atoms with Gasteiger partial charge in [0.2, 0.25) is 0 Å². The Morgan fingerprint density at radius 2 is 2.11 bits per heavy atom. The molecular weight excluding hydrogens is 351 g/mol. The van der Waals surface area contributed by atoms with Gasteiger partial charge >= 0.3 is 0 Å². The number of likely N-dealkylation sites (tertiary alicyclic amines) is 1. The van der Waals surface area contributed by atoms with Gasteiger partial charge in [0, 0.05) is 41.7 Å². The Morgan fingerprint density at radius 3 is 2.89 bits per heavy atom. The Morgan fingerprint density at radius 1 is 1.25 bits per heavy atom.